The van der Waals surface area contributed by atoms with E-state index in [-0.39, 0.29) is 5.41 Å². The Morgan fingerprint density at radius 1 is 1.14 bits per heavy atom. The normalized spacial score (nSPS) is 17.9. The van der Waals surface area contributed by atoms with Crippen molar-refractivity contribution in [2.75, 3.05) is 26.7 Å². The quantitative estimate of drug-likeness (QED) is 0.901. The highest BCUT2D eigenvalue weighted by Crippen LogP contribution is 2.30. The molecule has 0 unspecified atom stereocenters. The van der Waals surface area contributed by atoms with E-state index in [2.05, 4.69) is 31.0 Å². The average Bonchev–Trinajstić information content (AvgIpc) is 2.66. The van der Waals surface area contributed by atoms with Crippen molar-refractivity contribution >= 4 is 11.3 Å². The molecule has 1 aromatic heterocycles. The van der Waals surface area contributed by atoms with E-state index in [1.807, 2.05) is 18.4 Å². The number of hydrogen-bond acceptors (Lipinski definition) is 4. The van der Waals surface area contributed by atoms with Gasteiger partial charge in [-0.15, -0.1) is 11.3 Å². The first-order valence-corrected chi connectivity index (χ1v) is 9.18. The van der Waals surface area contributed by atoms with Crippen LogP contribution in [0.4, 0.5) is 0 Å². The van der Waals surface area contributed by atoms with Gasteiger partial charge in [0.15, 0.2) is 0 Å². The Labute approximate surface area is 134 Å². The molecule has 1 N–H and O–H groups in total. The summed E-state index contributed by atoms with van der Waals surface area (Å²) in [6, 6.07) is 0. The van der Waals surface area contributed by atoms with Gasteiger partial charge in [-0.2, -0.15) is 0 Å². The van der Waals surface area contributed by atoms with Crippen molar-refractivity contribution in [1.29, 1.82) is 0 Å². The maximum Gasteiger partial charge on any atom is 0.0944 e. The lowest BCUT2D eigenvalue weighted by Crippen LogP contribution is -2.27. The van der Waals surface area contributed by atoms with Crippen LogP contribution < -0.4 is 5.32 Å². The molecule has 3 nitrogen and oxygen atoms in total. The van der Waals surface area contributed by atoms with Crippen molar-refractivity contribution in [1.82, 2.24) is 15.2 Å². The largest absolute Gasteiger partial charge is 0.315 e. The van der Waals surface area contributed by atoms with Gasteiger partial charge in [-0.05, 0) is 33.0 Å². The molecule has 4 heteroatoms. The standard InChI is InChI=1S/C17H31N3S/c1-17(2,3)16-14(13-18-4)21-15(19-16)9-12-20-10-7-5-6-8-11-20/h18H,5-13H2,1-4H3. The van der Waals surface area contributed by atoms with Crippen molar-refractivity contribution in [2.45, 2.75) is 64.8 Å². The minimum atomic E-state index is 0.142. The van der Waals surface area contributed by atoms with Gasteiger partial charge in [-0.25, -0.2) is 4.98 Å². The fourth-order valence-electron chi connectivity index (χ4n) is 2.99. The number of hydrogen-bond donors (Lipinski definition) is 1. The Morgan fingerprint density at radius 3 is 2.38 bits per heavy atom. The Bertz CT molecular complexity index is 426. The first kappa shape index (κ1) is 16.9. The summed E-state index contributed by atoms with van der Waals surface area (Å²) < 4.78 is 0. The van der Waals surface area contributed by atoms with Gasteiger partial charge in [0, 0.05) is 29.8 Å². The van der Waals surface area contributed by atoms with Crippen LogP contribution in [0.2, 0.25) is 0 Å². The van der Waals surface area contributed by atoms with Crippen LogP contribution in [0.25, 0.3) is 0 Å². The van der Waals surface area contributed by atoms with Gasteiger partial charge in [0.1, 0.15) is 0 Å². The number of thiazole rings is 1. The van der Waals surface area contributed by atoms with Crippen molar-refractivity contribution in [3.8, 4) is 0 Å². The monoisotopic (exact) mass is 309 g/mol. The highest BCUT2D eigenvalue weighted by Gasteiger charge is 2.23. The molecular weight excluding hydrogens is 278 g/mol. The second kappa shape index (κ2) is 7.70. The van der Waals surface area contributed by atoms with E-state index >= 15 is 0 Å². The molecule has 1 fully saturated rings. The maximum atomic E-state index is 4.96. The van der Waals surface area contributed by atoms with Gasteiger partial charge in [0.25, 0.3) is 0 Å². The third kappa shape index (κ3) is 5.04. The van der Waals surface area contributed by atoms with E-state index < -0.39 is 0 Å². The predicted octanol–water partition coefficient (Wildman–Crippen LogP) is 3.58. The van der Waals surface area contributed by atoms with Gasteiger partial charge < -0.3 is 10.2 Å². The summed E-state index contributed by atoms with van der Waals surface area (Å²) in [5.41, 5.74) is 1.43. The smallest absolute Gasteiger partial charge is 0.0944 e. The lowest BCUT2D eigenvalue weighted by Gasteiger charge is -2.19. The fourth-order valence-corrected chi connectivity index (χ4v) is 4.27. The van der Waals surface area contributed by atoms with Crippen LogP contribution in [0, 0.1) is 0 Å². The molecule has 1 aliphatic rings. The number of likely N-dealkylation sites (tertiary alicyclic amines) is 1. The first-order valence-electron chi connectivity index (χ1n) is 8.36. The van der Waals surface area contributed by atoms with Gasteiger partial charge in [-0.1, -0.05) is 33.6 Å². The third-order valence-electron chi connectivity index (χ3n) is 4.13. The molecule has 0 atom stereocenters. The molecule has 120 valence electrons. The van der Waals surface area contributed by atoms with E-state index in [9.17, 15) is 0 Å². The van der Waals surface area contributed by atoms with Crippen molar-refractivity contribution in [2.24, 2.45) is 0 Å². The fraction of sp³-hybridized carbons (Fsp3) is 0.824. The molecule has 0 radical (unpaired) electrons. The maximum absolute atomic E-state index is 4.96. The second-order valence-corrected chi connectivity index (χ2v) is 8.33. The Hall–Kier alpha value is -0.450. The SMILES string of the molecule is CNCc1sc(CCN2CCCCCC2)nc1C(C)(C)C. The Morgan fingerprint density at radius 2 is 1.81 bits per heavy atom. The van der Waals surface area contributed by atoms with Crippen molar-refractivity contribution in [3.05, 3.63) is 15.6 Å². The Balaban J connectivity index is 1.99. The summed E-state index contributed by atoms with van der Waals surface area (Å²) in [4.78, 5) is 9.00. The zero-order chi connectivity index (χ0) is 15.3. The van der Waals surface area contributed by atoms with Crippen LogP contribution in [0.5, 0.6) is 0 Å². The van der Waals surface area contributed by atoms with Gasteiger partial charge in [0.2, 0.25) is 0 Å². The Kier molecular flexibility index (Phi) is 6.20. The number of rotatable bonds is 5. The summed E-state index contributed by atoms with van der Waals surface area (Å²) >= 11 is 1.90. The number of nitrogens with one attached hydrogen (secondary N) is 1. The number of aromatic nitrogens is 1. The first-order chi connectivity index (χ1) is 10.0. The van der Waals surface area contributed by atoms with Crippen molar-refractivity contribution in [3.63, 3.8) is 0 Å². The molecule has 0 amide bonds. The molecule has 1 saturated heterocycles. The van der Waals surface area contributed by atoms with Gasteiger partial charge in [0.05, 0.1) is 10.7 Å². The topological polar surface area (TPSA) is 28.2 Å². The lowest BCUT2D eigenvalue weighted by atomic mass is 9.91. The highest BCUT2D eigenvalue weighted by atomic mass is 32.1. The predicted molar refractivity (Wildman–Crippen MR) is 92.2 cm³/mol. The molecule has 0 bridgehead atoms. The molecule has 0 aliphatic carbocycles. The van der Waals surface area contributed by atoms with Gasteiger partial charge in [-0.3, -0.25) is 0 Å². The molecule has 2 heterocycles. The van der Waals surface area contributed by atoms with Crippen LogP contribution >= 0.6 is 11.3 Å². The summed E-state index contributed by atoms with van der Waals surface area (Å²) in [6.45, 7) is 11.5. The minimum Gasteiger partial charge on any atom is -0.315 e. The lowest BCUT2D eigenvalue weighted by molar-refractivity contribution is 0.288. The third-order valence-corrected chi connectivity index (χ3v) is 5.25. The molecule has 1 aromatic rings. The van der Waals surface area contributed by atoms with E-state index in [1.165, 1.54) is 60.9 Å². The molecule has 1 aliphatic heterocycles. The minimum absolute atomic E-state index is 0.142. The number of nitrogens with zero attached hydrogens (tertiary/aromatic N) is 2. The summed E-state index contributed by atoms with van der Waals surface area (Å²) in [6.07, 6.45) is 6.67. The highest BCUT2D eigenvalue weighted by molar-refractivity contribution is 7.11. The molecule has 2 rings (SSSR count). The van der Waals surface area contributed by atoms with Gasteiger partial charge >= 0.3 is 0 Å². The molecule has 0 aromatic carbocycles. The second-order valence-electron chi connectivity index (χ2n) is 7.17. The molecular formula is C17H31N3S. The molecule has 0 spiro atoms. The van der Waals surface area contributed by atoms with Crippen LogP contribution in [0.1, 0.15) is 62.0 Å². The van der Waals surface area contributed by atoms with E-state index in [0.717, 1.165) is 13.0 Å². The summed E-state index contributed by atoms with van der Waals surface area (Å²) in [5.74, 6) is 0. The summed E-state index contributed by atoms with van der Waals surface area (Å²) in [7, 11) is 2.02. The molecule has 21 heavy (non-hydrogen) atoms. The summed E-state index contributed by atoms with van der Waals surface area (Å²) in [5, 5.41) is 4.60. The van der Waals surface area contributed by atoms with E-state index in [0.29, 0.717) is 0 Å². The van der Waals surface area contributed by atoms with Crippen LogP contribution in [-0.4, -0.2) is 36.6 Å². The van der Waals surface area contributed by atoms with Crippen molar-refractivity contribution < 1.29 is 0 Å². The van der Waals surface area contributed by atoms with Crippen LogP contribution in [-0.2, 0) is 18.4 Å². The molecule has 0 saturated carbocycles. The zero-order valence-corrected chi connectivity index (χ0v) is 15.0. The zero-order valence-electron chi connectivity index (χ0n) is 14.2. The van der Waals surface area contributed by atoms with Crippen LogP contribution in [0.15, 0.2) is 0 Å². The average molecular weight is 310 g/mol. The van der Waals surface area contributed by atoms with Crippen LogP contribution in [0.3, 0.4) is 0 Å². The van der Waals surface area contributed by atoms with E-state index in [4.69, 9.17) is 4.98 Å². The van der Waals surface area contributed by atoms with E-state index in [1.54, 1.807) is 0 Å².